The molecule has 1 atom stereocenters. The number of hydrogen-bond acceptors (Lipinski definition) is 4. The first-order valence-electron chi connectivity index (χ1n) is 8.14. The average molecular weight is 344 g/mol. The van der Waals surface area contributed by atoms with Gasteiger partial charge in [-0.05, 0) is 49.4 Å². The number of ether oxygens (including phenoxy) is 2. The quantitative estimate of drug-likeness (QED) is 0.875. The second-order valence-electron chi connectivity index (χ2n) is 6.12. The molecule has 0 aliphatic carbocycles. The maximum Gasteiger partial charge on any atom is 0.237 e. The van der Waals surface area contributed by atoms with Crippen molar-refractivity contribution in [2.75, 3.05) is 13.8 Å². The third-order valence-corrected chi connectivity index (χ3v) is 4.29. The van der Waals surface area contributed by atoms with E-state index < -0.39 is 0 Å². The molecule has 0 saturated heterocycles. The summed E-state index contributed by atoms with van der Waals surface area (Å²) < 4.78 is 23.6. The Morgan fingerprint density at radius 1 is 1.16 bits per heavy atom. The largest absolute Gasteiger partial charge is 0.454 e. The van der Waals surface area contributed by atoms with E-state index in [1.54, 1.807) is 12.1 Å². The highest BCUT2D eigenvalue weighted by molar-refractivity contribution is 5.81. The lowest BCUT2D eigenvalue weighted by molar-refractivity contribution is -0.125. The number of hydrogen-bond donors (Lipinski definition) is 1. The zero-order valence-electron chi connectivity index (χ0n) is 14.3. The number of likely N-dealkylation sites (N-methyl/N-ethyl adjacent to an activating group) is 1. The van der Waals surface area contributed by atoms with E-state index in [1.807, 2.05) is 37.1 Å². The molecule has 1 aliphatic heterocycles. The number of halogens is 1. The lowest BCUT2D eigenvalue weighted by atomic mass is 10.1. The van der Waals surface area contributed by atoms with Crippen LogP contribution >= 0.6 is 0 Å². The molecule has 132 valence electrons. The van der Waals surface area contributed by atoms with E-state index in [1.165, 1.54) is 12.1 Å². The van der Waals surface area contributed by atoms with Crippen LogP contribution in [0.2, 0.25) is 0 Å². The Kier molecular flexibility index (Phi) is 5.19. The Hall–Kier alpha value is -2.60. The van der Waals surface area contributed by atoms with Crippen molar-refractivity contribution < 1.29 is 18.7 Å². The van der Waals surface area contributed by atoms with Gasteiger partial charge in [-0.1, -0.05) is 18.2 Å². The number of carbonyl (C=O) groups is 1. The molecule has 0 spiro atoms. The zero-order valence-corrected chi connectivity index (χ0v) is 14.3. The maximum atomic E-state index is 13.0. The molecule has 0 aromatic heterocycles. The lowest BCUT2D eigenvalue weighted by Gasteiger charge is -2.24. The number of carbonyl (C=O) groups excluding carboxylic acids is 1. The van der Waals surface area contributed by atoms with Gasteiger partial charge >= 0.3 is 0 Å². The van der Waals surface area contributed by atoms with Gasteiger partial charge in [0.25, 0.3) is 0 Å². The summed E-state index contributed by atoms with van der Waals surface area (Å²) in [6.07, 6.45) is 0. The number of nitrogens with zero attached hydrogens (tertiary/aromatic N) is 1. The summed E-state index contributed by atoms with van der Waals surface area (Å²) in [5.41, 5.74) is 1.91. The minimum atomic E-state index is -0.306. The molecular formula is C19H21FN2O3. The van der Waals surface area contributed by atoms with Crippen molar-refractivity contribution in [1.29, 1.82) is 0 Å². The zero-order chi connectivity index (χ0) is 17.8. The predicted octanol–water partition coefficient (Wildman–Crippen LogP) is 2.69. The summed E-state index contributed by atoms with van der Waals surface area (Å²) in [5, 5.41) is 2.93. The smallest absolute Gasteiger partial charge is 0.237 e. The van der Waals surface area contributed by atoms with E-state index in [0.717, 1.165) is 16.9 Å². The molecule has 1 amide bonds. The van der Waals surface area contributed by atoms with Crippen molar-refractivity contribution in [1.82, 2.24) is 10.2 Å². The highest BCUT2D eigenvalue weighted by atomic mass is 19.1. The van der Waals surface area contributed by atoms with E-state index in [0.29, 0.717) is 18.8 Å². The first kappa shape index (κ1) is 17.2. The van der Waals surface area contributed by atoms with Gasteiger partial charge in [0.15, 0.2) is 11.5 Å². The van der Waals surface area contributed by atoms with Crippen LogP contribution in [0.15, 0.2) is 42.5 Å². The predicted molar refractivity (Wildman–Crippen MR) is 91.7 cm³/mol. The van der Waals surface area contributed by atoms with E-state index >= 15 is 0 Å². The van der Waals surface area contributed by atoms with Gasteiger partial charge in [0.05, 0.1) is 6.04 Å². The lowest BCUT2D eigenvalue weighted by Crippen LogP contribution is -2.42. The molecule has 2 aromatic carbocycles. The minimum Gasteiger partial charge on any atom is -0.454 e. The van der Waals surface area contributed by atoms with Crippen LogP contribution in [0.25, 0.3) is 0 Å². The van der Waals surface area contributed by atoms with Gasteiger partial charge in [0.2, 0.25) is 12.7 Å². The van der Waals surface area contributed by atoms with Crippen molar-refractivity contribution in [2.45, 2.75) is 26.1 Å². The van der Waals surface area contributed by atoms with Crippen molar-refractivity contribution in [2.24, 2.45) is 0 Å². The fourth-order valence-corrected chi connectivity index (χ4v) is 2.60. The Labute approximate surface area is 146 Å². The molecule has 5 nitrogen and oxygen atoms in total. The Balaban J connectivity index is 1.52. The van der Waals surface area contributed by atoms with E-state index in [2.05, 4.69) is 5.32 Å². The van der Waals surface area contributed by atoms with Crippen LogP contribution in [0.3, 0.4) is 0 Å². The van der Waals surface area contributed by atoms with Gasteiger partial charge in [-0.15, -0.1) is 0 Å². The van der Waals surface area contributed by atoms with Crippen LogP contribution in [-0.4, -0.2) is 30.7 Å². The molecule has 25 heavy (non-hydrogen) atoms. The van der Waals surface area contributed by atoms with Gasteiger partial charge in [-0.3, -0.25) is 9.69 Å². The Morgan fingerprint density at radius 3 is 2.60 bits per heavy atom. The SMILES string of the molecule is C[C@H](C(=O)NCc1ccc2c(c1)OCO2)N(C)Cc1ccc(F)cc1. The van der Waals surface area contributed by atoms with Gasteiger partial charge in [-0.2, -0.15) is 0 Å². The first-order chi connectivity index (χ1) is 12.0. The minimum absolute atomic E-state index is 0.0673. The molecule has 1 heterocycles. The van der Waals surface area contributed by atoms with Crippen LogP contribution in [-0.2, 0) is 17.9 Å². The molecule has 1 aliphatic rings. The average Bonchev–Trinajstić information content (AvgIpc) is 3.08. The highest BCUT2D eigenvalue weighted by Crippen LogP contribution is 2.32. The molecule has 0 fully saturated rings. The van der Waals surface area contributed by atoms with Gasteiger partial charge < -0.3 is 14.8 Å². The first-order valence-corrected chi connectivity index (χ1v) is 8.14. The van der Waals surface area contributed by atoms with E-state index in [4.69, 9.17) is 9.47 Å². The van der Waals surface area contributed by atoms with Crippen LogP contribution in [0, 0.1) is 5.82 Å². The van der Waals surface area contributed by atoms with Crippen LogP contribution < -0.4 is 14.8 Å². The Bertz CT molecular complexity index is 749. The van der Waals surface area contributed by atoms with Crippen molar-refractivity contribution in [3.8, 4) is 11.5 Å². The highest BCUT2D eigenvalue weighted by Gasteiger charge is 2.19. The third-order valence-electron chi connectivity index (χ3n) is 4.29. The molecular weight excluding hydrogens is 323 g/mol. The molecule has 0 bridgehead atoms. The fraction of sp³-hybridized carbons (Fsp3) is 0.316. The standard InChI is InChI=1S/C19H21FN2O3/c1-13(22(2)11-14-3-6-16(20)7-4-14)19(23)21-10-15-5-8-17-18(9-15)25-12-24-17/h3-9,13H,10-12H2,1-2H3,(H,21,23)/t13-/m1/s1. The van der Waals surface area contributed by atoms with Crippen LogP contribution in [0.1, 0.15) is 18.1 Å². The van der Waals surface area contributed by atoms with E-state index in [-0.39, 0.29) is 24.6 Å². The molecule has 2 aromatic rings. The molecule has 0 saturated carbocycles. The topological polar surface area (TPSA) is 50.8 Å². The van der Waals surface area contributed by atoms with Crippen molar-refractivity contribution in [3.05, 3.63) is 59.4 Å². The summed E-state index contributed by atoms with van der Waals surface area (Å²) in [7, 11) is 1.87. The van der Waals surface area contributed by atoms with Gasteiger partial charge in [0, 0.05) is 13.1 Å². The summed E-state index contributed by atoms with van der Waals surface area (Å²) in [6, 6.07) is 11.6. The summed E-state index contributed by atoms with van der Waals surface area (Å²) in [6.45, 7) is 3.07. The monoisotopic (exact) mass is 344 g/mol. The van der Waals surface area contributed by atoms with Crippen LogP contribution in [0.4, 0.5) is 4.39 Å². The molecule has 1 N–H and O–H groups in total. The van der Waals surface area contributed by atoms with Crippen LogP contribution in [0.5, 0.6) is 11.5 Å². The van der Waals surface area contributed by atoms with Crippen molar-refractivity contribution >= 4 is 5.91 Å². The third kappa shape index (κ3) is 4.28. The van der Waals surface area contributed by atoms with Gasteiger partial charge in [0.1, 0.15) is 5.82 Å². The fourth-order valence-electron chi connectivity index (χ4n) is 2.60. The molecule has 0 radical (unpaired) electrons. The molecule has 6 heteroatoms. The summed E-state index contributed by atoms with van der Waals surface area (Å²) in [4.78, 5) is 14.3. The number of rotatable bonds is 6. The van der Waals surface area contributed by atoms with E-state index in [9.17, 15) is 9.18 Å². The molecule has 0 unspecified atom stereocenters. The second kappa shape index (κ2) is 7.53. The normalized spacial score (nSPS) is 13.8. The number of benzene rings is 2. The number of nitrogens with one attached hydrogen (secondary N) is 1. The van der Waals surface area contributed by atoms with Gasteiger partial charge in [-0.25, -0.2) is 4.39 Å². The maximum absolute atomic E-state index is 13.0. The Morgan fingerprint density at radius 2 is 1.84 bits per heavy atom. The second-order valence-corrected chi connectivity index (χ2v) is 6.12. The summed E-state index contributed by atoms with van der Waals surface area (Å²) in [5.74, 6) is 1.10. The summed E-state index contributed by atoms with van der Waals surface area (Å²) >= 11 is 0. The molecule has 3 rings (SSSR count). The van der Waals surface area contributed by atoms with Crippen molar-refractivity contribution in [3.63, 3.8) is 0 Å². The number of fused-ring (bicyclic) bond motifs is 1. The number of amides is 1.